The number of aryl methyl sites for hydroxylation is 1. The number of hydrogen-bond donors (Lipinski definition) is 2. The van der Waals surface area contributed by atoms with E-state index >= 15 is 0 Å². The van der Waals surface area contributed by atoms with Crippen LogP contribution >= 0.6 is 0 Å². The van der Waals surface area contributed by atoms with Gasteiger partial charge in [0.15, 0.2) is 5.76 Å². The predicted molar refractivity (Wildman–Crippen MR) is 80.0 cm³/mol. The first kappa shape index (κ1) is 13.5. The second-order valence-corrected chi connectivity index (χ2v) is 5.81. The van der Waals surface area contributed by atoms with Crippen molar-refractivity contribution in [2.24, 2.45) is 0 Å². The summed E-state index contributed by atoms with van der Waals surface area (Å²) in [5.74, 6) is 0.886. The lowest BCUT2D eigenvalue weighted by atomic mass is 9.79. The van der Waals surface area contributed by atoms with Crippen LogP contribution in [0.2, 0.25) is 0 Å². The number of benzene rings is 1. The number of hydrogen-bond acceptors (Lipinski definition) is 5. The second-order valence-electron chi connectivity index (χ2n) is 5.81. The normalized spacial score (nSPS) is 16.7. The van der Waals surface area contributed by atoms with Crippen molar-refractivity contribution in [2.75, 3.05) is 5.32 Å². The summed E-state index contributed by atoms with van der Waals surface area (Å²) in [4.78, 5) is 12.5. The van der Waals surface area contributed by atoms with Crippen LogP contribution in [0.3, 0.4) is 0 Å². The zero-order valence-electron chi connectivity index (χ0n) is 12.1. The van der Waals surface area contributed by atoms with E-state index in [1.54, 1.807) is 12.1 Å². The van der Waals surface area contributed by atoms with Crippen LogP contribution in [-0.4, -0.2) is 23.2 Å². The molecule has 1 fully saturated rings. The summed E-state index contributed by atoms with van der Waals surface area (Å²) in [6, 6.07) is 5.21. The van der Waals surface area contributed by atoms with Crippen LogP contribution in [0.4, 0.5) is 5.69 Å². The molecule has 1 amide bonds. The Morgan fingerprint density at radius 3 is 3.05 bits per heavy atom. The molecule has 0 atom stereocenters. The third-order valence-electron chi connectivity index (χ3n) is 4.15. The standard InChI is InChI=1S/C15H15BN2O4/c1-8-13(14(22-18-8)9-2-3-9)17-15(19)10-4-5-11-7-21-16(20)12(11)6-10/h4-6,9,20H,2-3,7H2,1H3,(H,17,19). The Morgan fingerprint density at radius 2 is 2.27 bits per heavy atom. The quantitative estimate of drug-likeness (QED) is 0.835. The van der Waals surface area contributed by atoms with Gasteiger partial charge in [0.05, 0.1) is 6.61 Å². The molecule has 0 spiro atoms. The van der Waals surface area contributed by atoms with Gasteiger partial charge >= 0.3 is 7.12 Å². The Bertz CT molecular complexity index is 754. The molecule has 0 bridgehead atoms. The molecule has 1 aliphatic carbocycles. The largest absolute Gasteiger partial charge is 0.491 e. The third kappa shape index (κ3) is 2.22. The van der Waals surface area contributed by atoms with E-state index in [2.05, 4.69) is 10.5 Å². The predicted octanol–water partition coefficient (Wildman–Crippen LogP) is 1.33. The van der Waals surface area contributed by atoms with E-state index in [4.69, 9.17) is 9.18 Å². The van der Waals surface area contributed by atoms with Gasteiger partial charge in [-0.2, -0.15) is 0 Å². The highest BCUT2D eigenvalue weighted by Crippen LogP contribution is 2.44. The zero-order chi connectivity index (χ0) is 15.3. The minimum atomic E-state index is -0.956. The van der Waals surface area contributed by atoms with Crippen molar-refractivity contribution in [1.29, 1.82) is 0 Å². The van der Waals surface area contributed by atoms with Gasteiger partial charge in [-0.15, -0.1) is 0 Å². The average molecular weight is 298 g/mol. The lowest BCUT2D eigenvalue weighted by Gasteiger charge is -2.07. The SMILES string of the molecule is Cc1noc(C2CC2)c1NC(=O)c1ccc2c(c1)B(O)OC2. The zero-order valence-corrected chi connectivity index (χ0v) is 12.1. The molecule has 2 N–H and O–H groups in total. The van der Waals surface area contributed by atoms with Crippen molar-refractivity contribution in [2.45, 2.75) is 32.3 Å². The summed E-state index contributed by atoms with van der Waals surface area (Å²) in [6.07, 6.45) is 2.14. The molecular weight excluding hydrogens is 283 g/mol. The number of fused-ring (bicyclic) bond motifs is 1. The fourth-order valence-electron chi connectivity index (χ4n) is 2.71. The van der Waals surface area contributed by atoms with Crippen molar-refractivity contribution in [3.63, 3.8) is 0 Å². The van der Waals surface area contributed by atoms with E-state index < -0.39 is 7.12 Å². The fourth-order valence-corrected chi connectivity index (χ4v) is 2.71. The van der Waals surface area contributed by atoms with Crippen LogP contribution in [0, 0.1) is 6.92 Å². The van der Waals surface area contributed by atoms with Gasteiger partial charge in [-0.3, -0.25) is 4.79 Å². The number of amides is 1. The van der Waals surface area contributed by atoms with Gasteiger partial charge in [0.2, 0.25) is 0 Å². The Balaban J connectivity index is 1.60. The molecule has 112 valence electrons. The van der Waals surface area contributed by atoms with Crippen LogP contribution in [-0.2, 0) is 11.3 Å². The van der Waals surface area contributed by atoms with E-state index in [0.29, 0.717) is 34.9 Å². The first-order valence-corrected chi connectivity index (χ1v) is 7.33. The molecule has 22 heavy (non-hydrogen) atoms. The minimum Gasteiger partial charge on any atom is -0.423 e. The molecule has 1 aromatic heterocycles. The maximum atomic E-state index is 12.5. The van der Waals surface area contributed by atoms with Crippen molar-refractivity contribution in [1.82, 2.24) is 5.16 Å². The molecule has 0 unspecified atom stereocenters. The third-order valence-corrected chi connectivity index (χ3v) is 4.15. The maximum absolute atomic E-state index is 12.5. The number of aromatic nitrogens is 1. The van der Waals surface area contributed by atoms with Crippen LogP contribution < -0.4 is 10.8 Å². The van der Waals surface area contributed by atoms with Crippen molar-refractivity contribution >= 4 is 24.2 Å². The van der Waals surface area contributed by atoms with Crippen LogP contribution in [0.25, 0.3) is 0 Å². The summed E-state index contributed by atoms with van der Waals surface area (Å²) in [6.45, 7) is 2.18. The molecule has 1 aromatic carbocycles. The first-order valence-electron chi connectivity index (χ1n) is 7.33. The van der Waals surface area contributed by atoms with Gasteiger partial charge in [-0.25, -0.2) is 0 Å². The molecular formula is C15H15BN2O4. The molecule has 2 aromatic rings. The first-order chi connectivity index (χ1) is 10.6. The molecule has 6 nitrogen and oxygen atoms in total. The fraction of sp³-hybridized carbons (Fsp3) is 0.333. The van der Waals surface area contributed by atoms with Crippen molar-refractivity contribution in [3.05, 3.63) is 40.8 Å². The lowest BCUT2D eigenvalue weighted by molar-refractivity contribution is 0.102. The van der Waals surface area contributed by atoms with Crippen LogP contribution in [0.15, 0.2) is 22.7 Å². The molecule has 0 radical (unpaired) electrons. The smallest absolute Gasteiger partial charge is 0.423 e. The van der Waals surface area contributed by atoms with Crippen molar-refractivity contribution < 1.29 is 19.0 Å². The Hall–Kier alpha value is -2.12. The second kappa shape index (κ2) is 4.96. The van der Waals surface area contributed by atoms with Crippen LogP contribution in [0.1, 0.15) is 46.1 Å². The van der Waals surface area contributed by atoms with E-state index in [1.165, 1.54) is 0 Å². The van der Waals surface area contributed by atoms with Crippen molar-refractivity contribution in [3.8, 4) is 0 Å². The van der Waals surface area contributed by atoms with Gasteiger partial charge in [0.25, 0.3) is 5.91 Å². The molecule has 7 heteroatoms. The number of nitrogens with one attached hydrogen (secondary N) is 1. The van der Waals surface area contributed by atoms with Crippen LogP contribution in [0.5, 0.6) is 0 Å². The topological polar surface area (TPSA) is 84.6 Å². The van der Waals surface area contributed by atoms with E-state index in [9.17, 15) is 9.82 Å². The lowest BCUT2D eigenvalue weighted by Crippen LogP contribution is -2.29. The molecule has 2 heterocycles. The van der Waals surface area contributed by atoms with Gasteiger partial charge in [0, 0.05) is 11.5 Å². The Kier molecular flexibility index (Phi) is 3.06. The number of carbonyl (C=O) groups is 1. The summed E-state index contributed by atoms with van der Waals surface area (Å²) in [5.41, 5.74) is 3.39. The molecule has 0 saturated heterocycles. The molecule has 1 aliphatic heterocycles. The van der Waals surface area contributed by atoms with Gasteiger partial charge in [0.1, 0.15) is 11.4 Å². The van der Waals surface area contributed by atoms with Gasteiger partial charge < -0.3 is 19.5 Å². The summed E-state index contributed by atoms with van der Waals surface area (Å²) in [7, 11) is -0.956. The highest BCUT2D eigenvalue weighted by molar-refractivity contribution is 6.61. The molecule has 1 saturated carbocycles. The average Bonchev–Trinajstić information content (AvgIpc) is 3.21. The van der Waals surface area contributed by atoms with Gasteiger partial charge in [-0.05, 0) is 42.9 Å². The van der Waals surface area contributed by atoms with E-state index in [1.807, 2.05) is 13.0 Å². The molecule has 2 aliphatic rings. The monoisotopic (exact) mass is 298 g/mol. The van der Waals surface area contributed by atoms with E-state index in [0.717, 1.165) is 24.2 Å². The van der Waals surface area contributed by atoms with E-state index in [-0.39, 0.29) is 5.91 Å². The number of nitrogens with zero attached hydrogens (tertiary/aromatic N) is 1. The summed E-state index contributed by atoms with van der Waals surface area (Å²) >= 11 is 0. The Morgan fingerprint density at radius 1 is 1.45 bits per heavy atom. The highest BCUT2D eigenvalue weighted by atomic mass is 16.5. The molecule has 4 rings (SSSR count). The number of rotatable bonds is 3. The maximum Gasteiger partial charge on any atom is 0.491 e. The summed E-state index contributed by atoms with van der Waals surface area (Å²) in [5, 5.41) is 16.6. The number of carbonyl (C=O) groups excluding carboxylic acids is 1. The summed E-state index contributed by atoms with van der Waals surface area (Å²) < 4.78 is 10.5. The van der Waals surface area contributed by atoms with Gasteiger partial charge in [-0.1, -0.05) is 11.2 Å². The highest BCUT2D eigenvalue weighted by Gasteiger charge is 2.33. The minimum absolute atomic E-state index is 0.241. The Labute approximate surface area is 127 Å². The number of anilines is 1.